The van der Waals surface area contributed by atoms with Crippen molar-refractivity contribution in [3.63, 3.8) is 0 Å². The summed E-state index contributed by atoms with van der Waals surface area (Å²) in [5.74, 6) is 1.28. The minimum atomic E-state index is 0.415. The number of hydrogen-bond donors (Lipinski definition) is 2. The van der Waals surface area contributed by atoms with E-state index in [4.69, 9.17) is 28.2 Å². The lowest BCUT2D eigenvalue weighted by molar-refractivity contribution is 0.574. The lowest BCUT2D eigenvalue weighted by Crippen LogP contribution is -2.31. The van der Waals surface area contributed by atoms with Gasteiger partial charge in [0.05, 0.1) is 11.2 Å². The molecular formula is C18H15ClN4OS. The van der Waals surface area contributed by atoms with Gasteiger partial charge in [-0.3, -0.25) is 10.4 Å². The summed E-state index contributed by atoms with van der Waals surface area (Å²) in [6.45, 7) is 0.576. The maximum Gasteiger partial charge on any atom is 0.187 e. The van der Waals surface area contributed by atoms with Crippen LogP contribution < -0.4 is 10.7 Å². The summed E-state index contributed by atoms with van der Waals surface area (Å²) in [4.78, 5) is 4.04. The third-order valence-electron chi connectivity index (χ3n) is 3.30. The van der Waals surface area contributed by atoms with E-state index in [2.05, 4.69) is 20.8 Å². The van der Waals surface area contributed by atoms with Crippen molar-refractivity contribution in [1.82, 2.24) is 15.7 Å². The summed E-state index contributed by atoms with van der Waals surface area (Å²) in [6, 6.07) is 15.0. The summed E-state index contributed by atoms with van der Waals surface area (Å²) in [7, 11) is 0. The van der Waals surface area contributed by atoms with E-state index in [1.165, 1.54) is 0 Å². The van der Waals surface area contributed by atoms with Gasteiger partial charge in [0.15, 0.2) is 5.11 Å². The van der Waals surface area contributed by atoms with Gasteiger partial charge in [0.2, 0.25) is 0 Å². The molecule has 0 amide bonds. The minimum Gasteiger partial charge on any atom is -0.455 e. The van der Waals surface area contributed by atoms with E-state index in [1.807, 2.05) is 48.5 Å². The van der Waals surface area contributed by atoms with Crippen molar-refractivity contribution < 1.29 is 4.42 Å². The zero-order valence-corrected chi connectivity index (χ0v) is 14.7. The first-order chi connectivity index (χ1) is 12.2. The largest absolute Gasteiger partial charge is 0.455 e. The molecule has 126 valence electrons. The molecule has 0 aliphatic carbocycles. The average molecular weight is 371 g/mol. The Morgan fingerprint density at radius 2 is 2.08 bits per heavy atom. The predicted molar refractivity (Wildman–Crippen MR) is 104 cm³/mol. The SMILES string of the molecule is S=C(NCc1cccnc1)N/N=C/c1ccc(-c2ccccc2Cl)o1. The van der Waals surface area contributed by atoms with E-state index in [-0.39, 0.29) is 0 Å². The van der Waals surface area contributed by atoms with E-state index in [0.29, 0.717) is 28.2 Å². The molecule has 5 nitrogen and oxygen atoms in total. The van der Waals surface area contributed by atoms with Crippen molar-refractivity contribution in [3.8, 4) is 11.3 Å². The quantitative estimate of drug-likeness (QED) is 0.404. The van der Waals surface area contributed by atoms with Gasteiger partial charge in [0, 0.05) is 24.5 Å². The molecule has 0 saturated carbocycles. The Hall–Kier alpha value is -2.70. The van der Waals surface area contributed by atoms with Gasteiger partial charge in [-0.05, 0) is 48.1 Å². The average Bonchev–Trinajstić information content (AvgIpc) is 3.10. The maximum atomic E-state index is 6.16. The van der Waals surface area contributed by atoms with Gasteiger partial charge in [-0.2, -0.15) is 5.10 Å². The second-order valence-corrected chi connectivity index (χ2v) is 5.91. The monoisotopic (exact) mass is 370 g/mol. The van der Waals surface area contributed by atoms with Gasteiger partial charge in [-0.1, -0.05) is 29.8 Å². The Labute approximate surface area is 155 Å². The fourth-order valence-electron chi connectivity index (χ4n) is 2.11. The third kappa shape index (κ3) is 4.89. The molecule has 25 heavy (non-hydrogen) atoms. The molecule has 0 saturated heterocycles. The zero-order chi connectivity index (χ0) is 17.5. The van der Waals surface area contributed by atoms with Crippen molar-refractivity contribution >= 4 is 35.1 Å². The van der Waals surface area contributed by atoms with Gasteiger partial charge >= 0.3 is 0 Å². The summed E-state index contributed by atoms with van der Waals surface area (Å²) in [5, 5.41) is 8.16. The lowest BCUT2D eigenvalue weighted by atomic mass is 10.2. The van der Waals surface area contributed by atoms with Crippen LogP contribution in [0.5, 0.6) is 0 Å². The van der Waals surface area contributed by atoms with E-state index in [0.717, 1.165) is 11.1 Å². The minimum absolute atomic E-state index is 0.415. The fourth-order valence-corrected chi connectivity index (χ4v) is 2.46. The topological polar surface area (TPSA) is 62.5 Å². The van der Waals surface area contributed by atoms with Crippen LogP contribution in [0.4, 0.5) is 0 Å². The summed E-state index contributed by atoms with van der Waals surface area (Å²) < 4.78 is 5.72. The van der Waals surface area contributed by atoms with Crippen LogP contribution in [0.1, 0.15) is 11.3 Å². The Morgan fingerprint density at radius 1 is 1.20 bits per heavy atom. The van der Waals surface area contributed by atoms with Crippen LogP contribution in [-0.2, 0) is 6.54 Å². The van der Waals surface area contributed by atoms with Crippen molar-refractivity contribution in [2.75, 3.05) is 0 Å². The van der Waals surface area contributed by atoms with Crippen molar-refractivity contribution in [2.45, 2.75) is 6.54 Å². The fraction of sp³-hybridized carbons (Fsp3) is 0.0556. The number of thiocarbonyl (C=S) groups is 1. The molecule has 0 fully saturated rings. The third-order valence-corrected chi connectivity index (χ3v) is 3.87. The second-order valence-electron chi connectivity index (χ2n) is 5.10. The summed E-state index contributed by atoms with van der Waals surface area (Å²) in [5.41, 5.74) is 4.62. The van der Waals surface area contributed by atoms with Crippen LogP contribution in [0.25, 0.3) is 11.3 Å². The molecule has 3 rings (SSSR count). The molecule has 0 unspecified atom stereocenters. The Morgan fingerprint density at radius 3 is 2.88 bits per heavy atom. The van der Waals surface area contributed by atoms with Crippen LogP contribution >= 0.6 is 23.8 Å². The number of hydrazone groups is 1. The normalized spacial score (nSPS) is 10.8. The molecule has 0 bridgehead atoms. The highest BCUT2D eigenvalue weighted by Crippen LogP contribution is 2.28. The molecule has 3 aromatic rings. The lowest BCUT2D eigenvalue weighted by Gasteiger charge is -2.06. The Kier molecular flexibility index (Phi) is 5.77. The zero-order valence-electron chi connectivity index (χ0n) is 13.1. The van der Waals surface area contributed by atoms with Crippen LogP contribution in [0, 0.1) is 0 Å². The highest BCUT2D eigenvalue weighted by Gasteiger charge is 2.06. The Bertz CT molecular complexity index is 880. The molecule has 0 radical (unpaired) electrons. The summed E-state index contributed by atoms with van der Waals surface area (Å²) >= 11 is 11.3. The summed E-state index contributed by atoms with van der Waals surface area (Å²) in [6.07, 6.45) is 5.06. The number of hydrogen-bond acceptors (Lipinski definition) is 4. The van der Waals surface area contributed by atoms with Crippen LogP contribution in [-0.4, -0.2) is 16.3 Å². The molecular weight excluding hydrogens is 356 g/mol. The standard InChI is InChI=1S/C18H15ClN4OS/c19-16-6-2-1-5-15(16)17-8-7-14(24-17)12-22-23-18(25)21-11-13-4-3-9-20-10-13/h1-10,12H,11H2,(H2,21,23,25)/b22-12+. The first-order valence-corrected chi connectivity index (χ1v) is 8.31. The van der Waals surface area contributed by atoms with E-state index in [9.17, 15) is 0 Å². The van der Waals surface area contributed by atoms with Gasteiger partial charge in [-0.15, -0.1) is 0 Å². The first kappa shape index (κ1) is 17.1. The molecule has 2 N–H and O–H groups in total. The van der Waals surface area contributed by atoms with Gasteiger partial charge in [-0.25, -0.2) is 0 Å². The number of benzene rings is 1. The number of nitrogens with one attached hydrogen (secondary N) is 2. The van der Waals surface area contributed by atoms with E-state index in [1.54, 1.807) is 18.6 Å². The molecule has 2 heterocycles. The molecule has 0 atom stereocenters. The Balaban J connectivity index is 1.53. The van der Waals surface area contributed by atoms with Gasteiger partial charge in [0.1, 0.15) is 11.5 Å². The number of furan rings is 1. The van der Waals surface area contributed by atoms with E-state index < -0.39 is 0 Å². The number of aromatic nitrogens is 1. The molecule has 1 aromatic carbocycles. The van der Waals surface area contributed by atoms with Gasteiger partial charge < -0.3 is 9.73 Å². The van der Waals surface area contributed by atoms with Crippen molar-refractivity contribution in [3.05, 3.63) is 77.3 Å². The van der Waals surface area contributed by atoms with Crippen molar-refractivity contribution in [1.29, 1.82) is 0 Å². The second kappa shape index (κ2) is 8.41. The van der Waals surface area contributed by atoms with Crippen LogP contribution in [0.2, 0.25) is 5.02 Å². The number of pyridine rings is 1. The molecule has 0 aliphatic heterocycles. The van der Waals surface area contributed by atoms with Crippen LogP contribution in [0.15, 0.2) is 70.4 Å². The van der Waals surface area contributed by atoms with Gasteiger partial charge in [0.25, 0.3) is 0 Å². The molecule has 0 spiro atoms. The first-order valence-electron chi connectivity index (χ1n) is 7.53. The van der Waals surface area contributed by atoms with E-state index >= 15 is 0 Å². The molecule has 0 aliphatic rings. The number of rotatable bonds is 5. The smallest absolute Gasteiger partial charge is 0.187 e. The highest BCUT2D eigenvalue weighted by atomic mass is 35.5. The molecule has 2 aromatic heterocycles. The van der Waals surface area contributed by atoms with Crippen LogP contribution in [0.3, 0.4) is 0 Å². The molecule has 7 heteroatoms. The number of halogens is 1. The van der Waals surface area contributed by atoms with Crippen molar-refractivity contribution in [2.24, 2.45) is 5.10 Å². The maximum absolute atomic E-state index is 6.16. The number of nitrogens with zero attached hydrogens (tertiary/aromatic N) is 2. The highest BCUT2D eigenvalue weighted by molar-refractivity contribution is 7.80. The predicted octanol–water partition coefficient (Wildman–Crippen LogP) is 3.99.